The van der Waals surface area contributed by atoms with Crippen LogP contribution in [0.4, 0.5) is 4.39 Å². The van der Waals surface area contributed by atoms with Gasteiger partial charge in [0.15, 0.2) is 11.4 Å². The Hall–Kier alpha value is -2.07. The zero-order valence-electron chi connectivity index (χ0n) is 8.89. The van der Waals surface area contributed by atoms with Crippen LogP contribution < -0.4 is 5.73 Å². The van der Waals surface area contributed by atoms with E-state index in [2.05, 4.69) is 0 Å². The molecule has 0 bridgehead atoms. The lowest BCUT2D eigenvalue weighted by Gasteiger charge is -2.03. The fourth-order valence-electron chi connectivity index (χ4n) is 1.81. The summed E-state index contributed by atoms with van der Waals surface area (Å²) in [6.07, 6.45) is 1.54. The summed E-state index contributed by atoms with van der Waals surface area (Å²) in [5, 5.41) is 0.696. The molecule has 2 N–H and O–H groups in total. The van der Waals surface area contributed by atoms with Crippen molar-refractivity contribution in [3.8, 4) is 0 Å². The van der Waals surface area contributed by atoms with Crippen molar-refractivity contribution in [3.63, 3.8) is 0 Å². The molecule has 3 aromatic rings. The molecule has 17 heavy (non-hydrogen) atoms. The third-order valence-electron chi connectivity index (χ3n) is 2.67. The molecule has 0 aliphatic carbocycles. The molecule has 0 fully saturated rings. The second kappa shape index (κ2) is 3.75. The van der Waals surface area contributed by atoms with Crippen LogP contribution in [0.15, 0.2) is 51.5 Å². The van der Waals surface area contributed by atoms with Crippen molar-refractivity contribution in [2.45, 2.75) is 6.04 Å². The molecular weight excluding hydrogens is 221 g/mol. The molecule has 0 saturated carbocycles. The Morgan fingerprint density at radius 2 is 2.00 bits per heavy atom. The fraction of sp³-hybridized carbons (Fsp3) is 0.0769. The third kappa shape index (κ3) is 1.62. The van der Waals surface area contributed by atoms with Crippen LogP contribution in [0.2, 0.25) is 0 Å². The molecule has 4 heteroatoms. The number of para-hydroxylation sites is 1. The maximum Gasteiger partial charge on any atom is 0.169 e. The highest BCUT2D eigenvalue weighted by molar-refractivity contribution is 5.78. The van der Waals surface area contributed by atoms with Crippen molar-refractivity contribution in [2.24, 2.45) is 5.73 Å². The van der Waals surface area contributed by atoms with E-state index >= 15 is 0 Å². The molecule has 1 atom stereocenters. The van der Waals surface area contributed by atoms with Crippen LogP contribution in [-0.2, 0) is 0 Å². The first kappa shape index (κ1) is 10.1. The van der Waals surface area contributed by atoms with Gasteiger partial charge in [0.1, 0.15) is 17.6 Å². The zero-order valence-corrected chi connectivity index (χ0v) is 8.89. The molecular formula is C13H10FNO2. The van der Waals surface area contributed by atoms with Crippen molar-refractivity contribution >= 4 is 11.0 Å². The maximum atomic E-state index is 13.4. The third-order valence-corrected chi connectivity index (χ3v) is 2.67. The maximum absolute atomic E-state index is 13.4. The second-order valence-corrected chi connectivity index (χ2v) is 3.80. The number of halogens is 1. The van der Waals surface area contributed by atoms with E-state index in [9.17, 15) is 4.39 Å². The van der Waals surface area contributed by atoms with Gasteiger partial charge in [-0.1, -0.05) is 12.1 Å². The quantitative estimate of drug-likeness (QED) is 0.736. The Labute approximate surface area is 96.6 Å². The Morgan fingerprint density at radius 1 is 1.12 bits per heavy atom. The van der Waals surface area contributed by atoms with E-state index in [1.807, 2.05) is 0 Å². The van der Waals surface area contributed by atoms with Crippen LogP contribution in [-0.4, -0.2) is 0 Å². The van der Waals surface area contributed by atoms with Crippen LogP contribution in [0.25, 0.3) is 11.0 Å². The lowest BCUT2D eigenvalue weighted by molar-refractivity contribution is 0.440. The Balaban J connectivity index is 2.10. The molecule has 3 rings (SSSR count). The summed E-state index contributed by atoms with van der Waals surface area (Å²) in [6.45, 7) is 0. The van der Waals surface area contributed by atoms with Crippen molar-refractivity contribution in [3.05, 3.63) is 60.0 Å². The molecule has 0 saturated heterocycles. The van der Waals surface area contributed by atoms with E-state index in [1.54, 1.807) is 36.6 Å². The van der Waals surface area contributed by atoms with Gasteiger partial charge in [-0.25, -0.2) is 4.39 Å². The SMILES string of the molecule is NC(c1ccco1)c1cc2cccc(F)c2o1. The van der Waals surface area contributed by atoms with E-state index in [4.69, 9.17) is 14.6 Å². The molecule has 1 unspecified atom stereocenters. The van der Waals surface area contributed by atoms with Crippen LogP contribution in [0.5, 0.6) is 0 Å². The van der Waals surface area contributed by atoms with Gasteiger partial charge in [-0.3, -0.25) is 0 Å². The van der Waals surface area contributed by atoms with Crippen LogP contribution in [0.1, 0.15) is 17.6 Å². The molecule has 2 aromatic heterocycles. The van der Waals surface area contributed by atoms with Gasteiger partial charge in [0.05, 0.1) is 6.26 Å². The summed E-state index contributed by atoms with van der Waals surface area (Å²) in [6, 6.07) is 9.49. The first-order valence-corrected chi connectivity index (χ1v) is 5.22. The molecule has 0 spiro atoms. The Morgan fingerprint density at radius 3 is 2.71 bits per heavy atom. The molecule has 86 valence electrons. The van der Waals surface area contributed by atoms with Crippen molar-refractivity contribution in [2.75, 3.05) is 0 Å². The van der Waals surface area contributed by atoms with Crippen molar-refractivity contribution in [1.82, 2.24) is 0 Å². The standard InChI is InChI=1S/C13H10FNO2/c14-9-4-1-3-8-7-11(17-13(8)9)12(15)10-5-2-6-16-10/h1-7,12H,15H2. The summed E-state index contributed by atoms with van der Waals surface area (Å²) in [5.74, 6) is 0.685. The highest BCUT2D eigenvalue weighted by atomic mass is 19.1. The number of nitrogens with two attached hydrogens (primary N) is 1. The highest BCUT2D eigenvalue weighted by Crippen LogP contribution is 2.28. The number of hydrogen-bond acceptors (Lipinski definition) is 3. The minimum Gasteiger partial charge on any atom is -0.467 e. The number of benzene rings is 1. The van der Waals surface area contributed by atoms with Gasteiger partial charge in [-0.15, -0.1) is 0 Å². The molecule has 1 aromatic carbocycles. The van der Waals surface area contributed by atoms with E-state index in [1.165, 1.54) is 6.07 Å². The van der Waals surface area contributed by atoms with Gasteiger partial charge in [0.25, 0.3) is 0 Å². The topological polar surface area (TPSA) is 52.3 Å². The van der Waals surface area contributed by atoms with Gasteiger partial charge in [-0.05, 0) is 24.3 Å². The average Bonchev–Trinajstić information content (AvgIpc) is 2.98. The summed E-state index contributed by atoms with van der Waals surface area (Å²) >= 11 is 0. The predicted octanol–water partition coefficient (Wildman–Crippen LogP) is 3.21. The molecule has 3 nitrogen and oxygen atoms in total. The van der Waals surface area contributed by atoms with Gasteiger partial charge < -0.3 is 14.6 Å². The number of rotatable bonds is 2. The molecule has 0 aliphatic heterocycles. The summed E-state index contributed by atoms with van der Waals surface area (Å²) < 4.78 is 24.1. The average molecular weight is 231 g/mol. The molecule has 2 heterocycles. The van der Waals surface area contributed by atoms with Gasteiger partial charge in [-0.2, -0.15) is 0 Å². The fourth-order valence-corrected chi connectivity index (χ4v) is 1.81. The first-order chi connectivity index (χ1) is 8.25. The van der Waals surface area contributed by atoms with Crippen molar-refractivity contribution < 1.29 is 13.2 Å². The number of hydrogen-bond donors (Lipinski definition) is 1. The predicted molar refractivity (Wildman–Crippen MR) is 60.9 cm³/mol. The molecule has 0 amide bonds. The summed E-state index contributed by atoms with van der Waals surface area (Å²) in [7, 11) is 0. The molecule has 0 radical (unpaired) electrons. The van der Waals surface area contributed by atoms with Crippen LogP contribution >= 0.6 is 0 Å². The minimum absolute atomic E-state index is 0.226. The van der Waals surface area contributed by atoms with E-state index in [0.717, 1.165) is 0 Å². The highest BCUT2D eigenvalue weighted by Gasteiger charge is 2.17. The normalized spacial score (nSPS) is 13.1. The van der Waals surface area contributed by atoms with Gasteiger partial charge in [0, 0.05) is 5.39 Å². The largest absolute Gasteiger partial charge is 0.467 e. The van der Waals surface area contributed by atoms with Gasteiger partial charge in [0.2, 0.25) is 0 Å². The zero-order chi connectivity index (χ0) is 11.8. The number of furan rings is 2. The number of fused-ring (bicyclic) bond motifs is 1. The smallest absolute Gasteiger partial charge is 0.169 e. The van der Waals surface area contributed by atoms with Gasteiger partial charge >= 0.3 is 0 Å². The van der Waals surface area contributed by atoms with E-state index in [-0.39, 0.29) is 11.4 Å². The van der Waals surface area contributed by atoms with Crippen molar-refractivity contribution in [1.29, 1.82) is 0 Å². The minimum atomic E-state index is -0.517. The first-order valence-electron chi connectivity index (χ1n) is 5.22. The summed E-state index contributed by atoms with van der Waals surface area (Å²) in [4.78, 5) is 0. The Bertz CT molecular complexity index is 643. The van der Waals surface area contributed by atoms with E-state index in [0.29, 0.717) is 16.9 Å². The van der Waals surface area contributed by atoms with Crippen LogP contribution in [0.3, 0.4) is 0 Å². The second-order valence-electron chi connectivity index (χ2n) is 3.80. The lowest BCUT2D eigenvalue weighted by atomic mass is 10.1. The van der Waals surface area contributed by atoms with Crippen LogP contribution in [0, 0.1) is 5.82 Å². The molecule has 0 aliphatic rings. The Kier molecular flexibility index (Phi) is 2.23. The van der Waals surface area contributed by atoms with E-state index < -0.39 is 6.04 Å². The summed E-state index contributed by atoms with van der Waals surface area (Å²) in [5.41, 5.74) is 6.19. The lowest BCUT2D eigenvalue weighted by Crippen LogP contribution is -2.09. The monoisotopic (exact) mass is 231 g/mol.